The standard InChI is InChI=1S/C16H14BrNO3/c17-13-6-3-5-12(10-13)15(19)18-9-8-11-4-1-2-7-14(11)16(20)21/h1-7,10H,8-9H2,(H,18,19)(H,20,21). The molecule has 0 unspecified atom stereocenters. The monoisotopic (exact) mass is 347 g/mol. The summed E-state index contributed by atoms with van der Waals surface area (Å²) in [6, 6.07) is 13.9. The number of rotatable bonds is 5. The lowest BCUT2D eigenvalue weighted by molar-refractivity contribution is 0.0695. The van der Waals surface area contributed by atoms with Gasteiger partial charge in [-0.05, 0) is 36.2 Å². The van der Waals surface area contributed by atoms with Gasteiger partial charge in [-0.3, -0.25) is 4.79 Å². The number of hydrogen-bond donors (Lipinski definition) is 2. The molecule has 2 aromatic carbocycles. The van der Waals surface area contributed by atoms with Gasteiger partial charge in [-0.1, -0.05) is 40.2 Å². The first-order chi connectivity index (χ1) is 10.1. The van der Waals surface area contributed by atoms with Crippen molar-refractivity contribution >= 4 is 27.8 Å². The molecule has 0 fully saturated rings. The second-order valence-electron chi connectivity index (χ2n) is 4.48. The fraction of sp³-hybridized carbons (Fsp3) is 0.125. The lowest BCUT2D eigenvalue weighted by Crippen LogP contribution is -2.26. The third-order valence-electron chi connectivity index (χ3n) is 3.01. The van der Waals surface area contributed by atoms with E-state index in [0.29, 0.717) is 24.1 Å². The minimum Gasteiger partial charge on any atom is -0.478 e. The number of carbonyl (C=O) groups is 2. The third kappa shape index (κ3) is 4.16. The van der Waals surface area contributed by atoms with Gasteiger partial charge in [-0.25, -0.2) is 4.79 Å². The average molecular weight is 348 g/mol. The van der Waals surface area contributed by atoms with Gasteiger partial charge >= 0.3 is 5.97 Å². The number of amides is 1. The van der Waals surface area contributed by atoms with Crippen molar-refractivity contribution in [3.8, 4) is 0 Å². The quantitative estimate of drug-likeness (QED) is 0.873. The smallest absolute Gasteiger partial charge is 0.335 e. The predicted octanol–water partition coefficient (Wildman–Crippen LogP) is 3.12. The van der Waals surface area contributed by atoms with E-state index in [2.05, 4.69) is 21.2 Å². The number of aromatic carboxylic acids is 1. The normalized spacial score (nSPS) is 10.1. The Kier molecular flexibility index (Phi) is 5.11. The number of carboxylic acids is 1. The SMILES string of the molecule is O=C(NCCc1ccccc1C(=O)O)c1cccc(Br)c1. The molecule has 0 radical (unpaired) electrons. The van der Waals surface area contributed by atoms with Crippen LogP contribution in [0.5, 0.6) is 0 Å². The summed E-state index contributed by atoms with van der Waals surface area (Å²) >= 11 is 3.32. The molecular weight excluding hydrogens is 334 g/mol. The van der Waals surface area contributed by atoms with Crippen LogP contribution >= 0.6 is 15.9 Å². The van der Waals surface area contributed by atoms with Gasteiger partial charge in [-0.15, -0.1) is 0 Å². The summed E-state index contributed by atoms with van der Waals surface area (Å²) in [6.07, 6.45) is 0.474. The maximum absolute atomic E-state index is 12.0. The molecule has 0 saturated heterocycles. The minimum atomic E-state index is -0.955. The molecule has 4 nitrogen and oxygen atoms in total. The molecule has 2 rings (SSSR count). The molecule has 108 valence electrons. The van der Waals surface area contributed by atoms with Gasteiger partial charge in [0.25, 0.3) is 5.91 Å². The Morgan fingerprint density at radius 3 is 2.57 bits per heavy atom. The molecule has 0 aliphatic carbocycles. The first-order valence-corrected chi connectivity index (χ1v) is 7.22. The molecule has 0 spiro atoms. The van der Waals surface area contributed by atoms with Crippen molar-refractivity contribution < 1.29 is 14.7 Å². The van der Waals surface area contributed by atoms with Gasteiger partial charge in [0.15, 0.2) is 0 Å². The van der Waals surface area contributed by atoms with Crippen molar-refractivity contribution in [2.24, 2.45) is 0 Å². The van der Waals surface area contributed by atoms with Crippen LogP contribution in [0.3, 0.4) is 0 Å². The topological polar surface area (TPSA) is 66.4 Å². The maximum Gasteiger partial charge on any atom is 0.335 e. The van der Waals surface area contributed by atoms with Gasteiger partial charge < -0.3 is 10.4 Å². The number of hydrogen-bond acceptors (Lipinski definition) is 2. The van der Waals surface area contributed by atoms with Gasteiger partial charge in [0.1, 0.15) is 0 Å². The van der Waals surface area contributed by atoms with E-state index in [-0.39, 0.29) is 11.5 Å². The van der Waals surface area contributed by atoms with Crippen LogP contribution in [0.1, 0.15) is 26.3 Å². The molecular formula is C16H14BrNO3. The summed E-state index contributed by atoms with van der Waals surface area (Å²) in [5.74, 6) is -1.13. The van der Waals surface area contributed by atoms with E-state index in [1.165, 1.54) is 0 Å². The van der Waals surface area contributed by atoms with Gasteiger partial charge in [0.2, 0.25) is 0 Å². The zero-order valence-electron chi connectivity index (χ0n) is 11.2. The van der Waals surface area contributed by atoms with E-state index in [0.717, 1.165) is 4.47 Å². The fourth-order valence-corrected chi connectivity index (χ4v) is 2.39. The summed E-state index contributed by atoms with van der Waals surface area (Å²) < 4.78 is 0.839. The Morgan fingerprint density at radius 1 is 1.10 bits per heavy atom. The Labute approximate surface area is 130 Å². The lowest BCUT2D eigenvalue weighted by atomic mass is 10.0. The van der Waals surface area contributed by atoms with E-state index < -0.39 is 5.97 Å². The van der Waals surface area contributed by atoms with E-state index in [1.54, 1.807) is 42.5 Å². The molecule has 1 amide bonds. The number of benzene rings is 2. The summed E-state index contributed by atoms with van der Waals surface area (Å²) in [7, 11) is 0. The molecule has 21 heavy (non-hydrogen) atoms. The molecule has 0 atom stereocenters. The molecule has 0 aromatic heterocycles. The highest BCUT2D eigenvalue weighted by molar-refractivity contribution is 9.10. The zero-order valence-corrected chi connectivity index (χ0v) is 12.8. The molecule has 2 aromatic rings. The summed E-state index contributed by atoms with van der Waals surface area (Å²) in [5, 5.41) is 11.9. The van der Waals surface area contributed by atoms with Gasteiger partial charge in [0, 0.05) is 16.6 Å². The third-order valence-corrected chi connectivity index (χ3v) is 3.51. The van der Waals surface area contributed by atoms with Crippen LogP contribution in [0.2, 0.25) is 0 Å². The fourth-order valence-electron chi connectivity index (χ4n) is 1.99. The van der Waals surface area contributed by atoms with Crippen molar-refractivity contribution in [2.75, 3.05) is 6.54 Å². The Balaban J connectivity index is 1.96. The molecule has 0 bridgehead atoms. The van der Waals surface area contributed by atoms with Crippen LogP contribution in [0.15, 0.2) is 53.0 Å². The van der Waals surface area contributed by atoms with Crippen molar-refractivity contribution in [1.82, 2.24) is 5.32 Å². The number of carbonyl (C=O) groups excluding carboxylic acids is 1. The maximum atomic E-state index is 12.0. The Morgan fingerprint density at radius 2 is 1.86 bits per heavy atom. The van der Waals surface area contributed by atoms with Crippen molar-refractivity contribution in [3.63, 3.8) is 0 Å². The number of halogens is 1. The Hall–Kier alpha value is -2.14. The van der Waals surface area contributed by atoms with Crippen LogP contribution in [0.25, 0.3) is 0 Å². The molecule has 0 heterocycles. The largest absolute Gasteiger partial charge is 0.478 e. The highest BCUT2D eigenvalue weighted by atomic mass is 79.9. The highest BCUT2D eigenvalue weighted by Crippen LogP contribution is 2.12. The zero-order chi connectivity index (χ0) is 15.2. The summed E-state index contributed by atoms with van der Waals surface area (Å²) in [6.45, 7) is 0.385. The van der Waals surface area contributed by atoms with Gasteiger partial charge in [0.05, 0.1) is 5.56 Å². The molecule has 0 aliphatic heterocycles. The first-order valence-electron chi connectivity index (χ1n) is 6.43. The molecule has 0 saturated carbocycles. The minimum absolute atomic E-state index is 0.177. The number of nitrogens with one attached hydrogen (secondary N) is 1. The van der Waals surface area contributed by atoms with Crippen molar-refractivity contribution in [3.05, 3.63) is 69.7 Å². The molecule has 2 N–H and O–H groups in total. The van der Waals surface area contributed by atoms with E-state index in [9.17, 15) is 9.59 Å². The van der Waals surface area contributed by atoms with Gasteiger partial charge in [-0.2, -0.15) is 0 Å². The van der Waals surface area contributed by atoms with E-state index in [1.807, 2.05) is 6.07 Å². The van der Waals surface area contributed by atoms with Crippen LogP contribution < -0.4 is 5.32 Å². The lowest BCUT2D eigenvalue weighted by Gasteiger charge is -2.08. The molecule has 0 aliphatic rings. The Bertz CT molecular complexity index is 670. The number of carboxylic acid groups (broad SMARTS) is 1. The van der Waals surface area contributed by atoms with E-state index in [4.69, 9.17) is 5.11 Å². The predicted molar refractivity (Wildman–Crippen MR) is 83.6 cm³/mol. The van der Waals surface area contributed by atoms with Crippen molar-refractivity contribution in [1.29, 1.82) is 0 Å². The highest BCUT2D eigenvalue weighted by Gasteiger charge is 2.10. The van der Waals surface area contributed by atoms with Crippen LogP contribution in [-0.2, 0) is 6.42 Å². The second kappa shape index (κ2) is 7.04. The first kappa shape index (κ1) is 15.3. The van der Waals surface area contributed by atoms with Crippen LogP contribution in [0.4, 0.5) is 0 Å². The summed E-state index contributed by atoms with van der Waals surface area (Å²) in [5.41, 5.74) is 1.55. The second-order valence-corrected chi connectivity index (χ2v) is 5.39. The van der Waals surface area contributed by atoms with Crippen molar-refractivity contribution in [2.45, 2.75) is 6.42 Å². The average Bonchev–Trinajstić information content (AvgIpc) is 2.47. The van der Waals surface area contributed by atoms with Crippen LogP contribution in [-0.4, -0.2) is 23.5 Å². The molecule has 5 heteroatoms. The summed E-state index contributed by atoms with van der Waals surface area (Å²) in [4.78, 5) is 23.0. The van der Waals surface area contributed by atoms with E-state index >= 15 is 0 Å². The van der Waals surface area contributed by atoms with Crippen LogP contribution in [0, 0.1) is 0 Å².